The van der Waals surface area contributed by atoms with Gasteiger partial charge in [-0.1, -0.05) is 26.0 Å². The van der Waals surface area contributed by atoms with Crippen molar-refractivity contribution in [3.8, 4) is 0 Å². The highest BCUT2D eigenvalue weighted by Gasteiger charge is 2.37. The lowest BCUT2D eigenvalue weighted by Crippen LogP contribution is -2.40. The molecule has 2 unspecified atom stereocenters. The molecule has 1 fully saturated rings. The number of fused-ring (bicyclic) bond motifs is 1. The topological polar surface area (TPSA) is 42.4 Å². The molecule has 0 bridgehead atoms. The van der Waals surface area contributed by atoms with E-state index in [1.165, 1.54) is 0 Å². The number of aromatic nitrogens is 1. The van der Waals surface area contributed by atoms with Crippen LogP contribution in [0.15, 0.2) is 36.5 Å². The molecule has 3 heteroatoms. The van der Waals surface area contributed by atoms with E-state index in [0.717, 1.165) is 16.5 Å². The number of ether oxygens (including phenoxy) is 1. The van der Waals surface area contributed by atoms with Gasteiger partial charge in [0.05, 0.1) is 23.8 Å². The van der Waals surface area contributed by atoms with Gasteiger partial charge in [-0.15, -0.1) is 0 Å². The van der Waals surface area contributed by atoms with E-state index in [2.05, 4.69) is 24.9 Å². The van der Waals surface area contributed by atoms with Crippen LogP contribution in [0.2, 0.25) is 0 Å². The molecule has 1 aromatic carbocycles. The SMILES string of the molecule is CC(C)C1CC(O)(c2ccc3ncccc3c2)CCO1. The standard InChI is InChI=1S/C17H21NO2/c1-12(2)16-11-17(19,7-9-20-16)14-5-6-15-13(10-14)4-3-8-18-15/h3-6,8,10,12,16,19H,7,9,11H2,1-2H3. The second kappa shape index (κ2) is 5.15. The molecule has 20 heavy (non-hydrogen) atoms. The fourth-order valence-corrected chi connectivity index (χ4v) is 2.93. The third-order valence-electron chi connectivity index (χ3n) is 4.27. The van der Waals surface area contributed by atoms with Crippen molar-refractivity contribution < 1.29 is 9.84 Å². The largest absolute Gasteiger partial charge is 0.385 e. The quantitative estimate of drug-likeness (QED) is 0.911. The van der Waals surface area contributed by atoms with Crippen molar-refractivity contribution in [3.05, 3.63) is 42.1 Å². The van der Waals surface area contributed by atoms with Crippen LogP contribution in [0.1, 0.15) is 32.3 Å². The number of aliphatic hydroxyl groups is 1. The zero-order chi connectivity index (χ0) is 14.2. The Morgan fingerprint density at radius 1 is 1.35 bits per heavy atom. The van der Waals surface area contributed by atoms with Crippen molar-refractivity contribution >= 4 is 10.9 Å². The molecule has 2 atom stereocenters. The summed E-state index contributed by atoms with van der Waals surface area (Å²) in [5.74, 6) is 0.420. The highest BCUT2D eigenvalue weighted by molar-refractivity contribution is 5.79. The lowest BCUT2D eigenvalue weighted by Gasteiger charge is -2.39. The Kier molecular flexibility index (Phi) is 3.48. The Bertz CT molecular complexity index is 611. The minimum Gasteiger partial charge on any atom is -0.385 e. The summed E-state index contributed by atoms with van der Waals surface area (Å²) in [5.41, 5.74) is 1.16. The molecule has 2 heterocycles. The van der Waals surface area contributed by atoms with E-state index in [1.54, 1.807) is 6.20 Å². The number of nitrogens with zero attached hydrogens (tertiary/aromatic N) is 1. The lowest BCUT2D eigenvalue weighted by molar-refractivity contribution is -0.121. The summed E-state index contributed by atoms with van der Waals surface area (Å²) < 4.78 is 5.77. The van der Waals surface area contributed by atoms with E-state index >= 15 is 0 Å². The third kappa shape index (κ3) is 2.43. The van der Waals surface area contributed by atoms with Crippen LogP contribution >= 0.6 is 0 Å². The maximum absolute atomic E-state index is 11.0. The number of hydrogen-bond acceptors (Lipinski definition) is 3. The third-order valence-corrected chi connectivity index (χ3v) is 4.27. The molecule has 1 aliphatic rings. The van der Waals surface area contributed by atoms with Gasteiger partial charge in [-0.05, 0) is 29.7 Å². The molecule has 0 amide bonds. The van der Waals surface area contributed by atoms with Crippen molar-refractivity contribution in [2.75, 3.05) is 6.61 Å². The zero-order valence-corrected chi connectivity index (χ0v) is 12.0. The molecule has 0 aliphatic carbocycles. The van der Waals surface area contributed by atoms with Gasteiger partial charge < -0.3 is 9.84 Å². The average molecular weight is 271 g/mol. The Morgan fingerprint density at radius 2 is 2.20 bits per heavy atom. The summed E-state index contributed by atoms with van der Waals surface area (Å²) in [6, 6.07) is 10.0. The molecule has 1 aliphatic heterocycles. The molecule has 0 spiro atoms. The maximum atomic E-state index is 11.0. The minimum absolute atomic E-state index is 0.123. The molecular weight excluding hydrogens is 250 g/mol. The minimum atomic E-state index is -0.781. The molecule has 0 saturated carbocycles. The van der Waals surface area contributed by atoms with Crippen molar-refractivity contribution in [2.24, 2.45) is 5.92 Å². The maximum Gasteiger partial charge on any atom is 0.0943 e. The summed E-state index contributed by atoms with van der Waals surface area (Å²) in [6.45, 7) is 4.89. The van der Waals surface area contributed by atoms with Gasteiger partial charge in [-0.2, -0.15) is 0 Å². The monoisotopic (exact) mass is 271 g/mol. The second-order valence-electron chi connectivity index (χ2n) is 6.05. The van der Waals surface area contributed by atoms with Gasteiger partial charge in [0.1, 0.15) is 0 Å². The summed E-state index contributed by atoms with van der Waals surface area (Å²) >= 11 is 0. The molecule has 3 rings (SSSR count). The van der Waals surface area contributed by atoms with Gasteiger partial charge >= 0.3 is 0 Å². The number of rotatable bonds is 2. The fraction of sp³-hybridized carbons (Fsp3) is 0.471. The van der Waals surface area contributed by atoms with Crippen LogP contribution in [0.3, 0.4) is 0 Å². The van der Waals surface area contributed by atoms with Gasteiger partial charge in [0.25, 0.3) is 0 Å². The molecule has 106 valence electrons. The number of pyridine rings is 1. The van der Waals surface area contributed by atoms with Crippen LogP contribution in [0.25, 0.3) is 10.9 Å². The molecule has 1 saturated heterocycles. The lowest BCUT2D eigenvalue weighted by atomic mass is 9.81. The molecule has 2 aromatic rings. The zero-order valence-electron chi connectivity index (χ0n) is 12.0. The molecule has 0 radical (unpaired) electrons. The first-order chi connectivity index (χ1) is 9.58. The molecular formula is C17H21NO2. The van der Waals surface area contributed by atoms with E-state index < -0.39 is 5.60 Å². The van der Waals surface area contributed by atoms with Crippen molar-refractivity contribution in [1.82, 2.24) is 4.98 Å². The first kappa shape index (κ1) is 13.5. The van der Waals surface area contributed by atoms with Crippen LogP contribution in [-0.4, -0.2) is 22.8 Å². The van der Waals surface area contributed by atoms with Crippen LogP contribution < -0.4 is 0 Å². The van der Waals surface area contributed by atoms with Crippen LogP contribution in [0, 0.1) is 5.92 Å². The van der Waals surface area contributed by atoms with E-state index in [4.69, 9.17) is 4.74 Å². The molecule has 3 nitrogen and oxygen atoms in total. The fourth-order valence-electron chi connectivity index (χ4n) is 2.93. The van der Waals surface area contributed by atoms with Crippen molar-refractivity contribution in [2.45, 2.75) is 38.4 Å². The first-order valence-corrected chi connectivity index (χ1v) is 7.28. The Hall–Kier alpha value is -1.45. The number of benzene rings is 1. The average Bonchev–Trinajstić information content (AvgIpc) is 2.47. The Morgan fingerprint density at radius 3 is 3.00 bits per heavy atom. The Labute approximate surface area is 119 Å². The van der Waals surface area contributed by atoms with Gasteiger partial charge in [0, 0.05) is 24.4 Å². The van der Waals surface area contributed by atoms with Gasteiger partial charge in [-0.25, -0.2) is 0 Å². The second-order valence-corrected chi connectivity index (χ2v) is 6.05. The molecule has 1 N–H and O–H groups in total. The highest BCUT2D eigenvalue weighted by atomic mass is 16.5. The van der Waals surface area contributed by atoms with E-state index in [1.807, 2.05) is 24.3 Å². The van der Waals surface area contributed by atoms with E-state index in [9.17, 15) is 5.11 Å². The summed E-state index contributed by atoms with van der Waals surface area (Å²) in [4.78, 5) is 4.33. The normalized spacial score (nSPS) is 27.1. The summed E-state index contributed by atoms with van der Waals surface area (Å²) in [6.07, 6.45) is 3.23. The Balaban J connectivity index is 1.96. The van der Waals surface area contributed by atoms with Crippen LogP contribution in [0.4, 0.5) is 0 Å². The van der Waals surface area contributed by atoms with E-state index in [-0.39, 0.29) is 6.10 Å². The van der Waals surface area contributed by atoms with Gasteiger partial charge in [0.15, 0.2) is 0 Å². The molecule has 1 aromatic heterocycles. The van der Waals surface area contributed by atoms with Gasteiger partial charge in [-0.3, -0.25) is 4.98 Å². The van der Waals surface area contributed by atoms with Gasteiger partial charge in [0.2, 0.25) is 0 Å². The summed E-state index contributed by atoms with van der Waals surface area (Å²) in [5, 5.41) is 12.1. The first-order valence-electron chi connectivity index (χ1n) is 7.28. The highest BCUT2D eigenvalue weighted by Crippen LogP contribution is 2.37. The summed E-state index contributed by atoms with van der Waals surface area (Å²) in [7, 11) is 0. The smallest absolute Gasteiger partial charge is 0.0943 e. The predicted molar refractivity (Wildman–Crippen MR) is 79.5 cm³/mol. The van der Waals surface area contributed by atoms with Crippen LogP contribution in [-0.2, 0) is 10.3 Å². The van der Waals surface area contributed by atoms with Crippen molar-refractivity contribution in [3.63, 3.8) is 0 Å². The number of hydrogen-bond donors (Lipinski definition) is 1. The van der Waals surface area contributed by atoms with E-state index in [0.29, 0.717) is 25.4 Å². The van der Waals surface area contributed by atoms with Crippen LogP contribution in [0.5, 0.6) is 0 Å². The van der Waals surface area contributed by atoms with Crippen molar-refractivity contribution in [1.29, 1.82) is 0 Å². The predicted octanol–water partition coefficient (Wildman–Crippen LogP) is 3.26.